The van der Waals surface area contributed by atoms with Gasteiger partial charge in [-0.2, -0.15) is 0 Å². The number of hydrogen-bond acceptors (Lipinski definition) is 6. The molecule has 0 aliphatic heterocycles. The molecule has 0 aliphatic carbocycles. The van der Waals surface area contributed by atoms with Crippen LogP contribution in [-0.2, 0) is 28.6 Å². The van der Waals surface area contributed by atoms with E-state index in [1.54, 1.807) is 0 Å². The molecule has 1 atom stereocenters. The number of ether oxygens (including phenoxy) is 3. The summed E-state index contributed by atoms with van der Waals surface area (Å²) in [5.74, 6) is -0.884. The number of esters is 3. The Hall–Kier alpha value is -3.41. The van der Waals surface area contributed by atoms with Gasteiger partial charge in [0.05, 0.1) is 0 Å². The number of unbranched alkanes of at least 4 members (excludes halogenated alkanes) is 27. The summed E-state index contributed by atoms with van der Waals surface area (Å²) in [6, 6.07) is 0. The number of carbonyl (C=O) groups is 3. The van der Waals surface area contributed by atoms with Gasteiger partial charge in [-0.3, -0.25) is 14.4 Å². The number of hydrogen-bond donors (Lipinski definition) is 0. The van der Waals surface area contributed by atoms with Gasteiger partial charge in [-0.25, -0.2) is 0 Å². The molecule has 396 valence electrons. The van der Waals surface area contributed by atoms with E-state index in [4.69, 9.17) is 14.2 Å². The summed E-state index contributed by atoms with van der Waals surface area (Å²) in [6.45, 7) is 6.51. The normalized spacial score (nSPS) is 12.7. The van der Waals surface area contributed by atoms with E-state index in [0.717, 1.165) is 109 Å². The minimum atomic E-state index is -0.776. The molecule has 0 heterocycles. The van der Waals surface area contributed by atoms with E-state index in [1.807, 2.05) is 0 Å². The second-order valence-corrected chi connectivity index (χ2v) is 19.2. The summed E-state index contributed by atoms with van der Waals surface area (Å²) < 4.78 is 16.8. The van der Waals surface area contributed by atoms with Crippen molar-refractivity contribution in [2.45, 2.75) is 284 Å². The van der Waals surface area contributed by atoms with Crippen LogP contribution in [0.2, 0.25) is 0 Å². The van der Waals surface area contributed by atoms with Crippen LogP contribution in [0.15, 0.2) is 85.1 Å². The second kappa shape index (κ2) is 57.2. The van der Waals surface area contributed by atoms with Gasteiger partial charge in [-0.15, -0.1) is 0 Å². The monoisotopic (exact) mass is 961 g/mol. The van der Waals surface area contributed by atoms with E-state index >= 15 is 0 Å². The van der Waals surface area contributed by atoms with E-state index in [1.165, 1.54) is 128 Å². The molecule has 6 nitrogen and oxygen atoms in total. The molecule has 0 saturated carbocycles. The third-order valence-electron chi connectivity index (χ3n) is 12.4. The molecular formula is C63H108O6. The van der Waals surface area contributed by atoms with Gasteiger partial charge in [0, 0.05) is 19.3 Å². The first-order valence-electron chi connectivity index (χ1n) is 29.1. The average molecular weight is 962 g/mol. The molecule has 0 aromatic heterocycles. The molecule has 0 amide bonds. The Kier molecular flexibility index (Phi) is 54.3. The number of carbonyl (C=O) groups excluding carboxylic acids is 3. The maximum absolute atomic E-state index is 12.8. The van der Waals surface area contributed by atoms with Gasteiger partial charge in [0.15, 0.2) is 6.10 Å². The van der Waals surface area contributed by atoms with Gasteiger partial charge in [0.25, 0.3) is 0 Å². The lowest BCUT2D eigenvalue weighted by Gasteiger charge is -2.18. The van der Waals surface area contributed by atoms with Crippen molar-refractivity contribution < 1.29 is 28.6 Å². The molecule has 6 heteroatoms. The molecule has 0 aromatic rings. The van der Waals surface area contributed by atoms with Gasteiger partial charge in [-0.05, 0) is 77.0 Å². The summed E-state index contributed by atoms with van der Waals surface area (Å²) >= 11 is 0. The van der Waals surface area contributed by atoms with Gasteiger partial charge < -0.3 is 14.2 Å². The summed E-state index contributed by atoms with van der Waals surface area (Å²) in [5.41, 5.74) is 0. The topological polar surface area (TPSA) is 78.9 Å². The molecule has 0 bridgehead atoms. The highest BCUT2D eigenvalue weighted by molar-refractivity contribution is 5.71. The molecule has 0 aliphatic rings. The quantitative estimate of drug-likeness (QED) is 0.0262. The first-order valence-corrected chi connectivity index (χ1v) is 29.1. The molecule has 0 rings (SSSR count). The fourth-order valence-electron chi connectivity index (χ4n) is 8.07. The third kappa shape index (κ3) is 55.4. The molecule has 0 aromatic carbocycles. The maximum Gasteiger partial charge on any atom is 0.306 e. The zero-order chi connectivity index (χ0) is 50.0. The highest BCUT2D eigenvalue weighted by Crippen LogP contribution is 2.16. The molecule has 1 unspecified atom stereocenters. The molecule has 0 radical (unpaired) electrons. The lowest BCUT2D eigenvalue weighted by molar-refractivity contribution is -0.167. The lowest BCUT2D eigenvalue weighted by Crippen LogP contribution is -2.30. The van der Waals surface area contributed by atoms with Gasteiger partial charge in [0.2, 0.25) is 0 Å². The Bertz CT molecular complexity index is 1330. The van der Waals surface area contributed by atoms with Gasteiger partial charge in [-0.1, -0.05) is 266 Å². The van der Waals surface area contributed by atoms with Crippen molar-refractivity contribution >= 4 is 17.9 Å². The Labute approximate surface area is 426 Å². The van der Waals surface area contributed by atoms with Crippen molar-refractivity contribution in [1.82, 2.24) is 0 Å². The Morgan fingerprint density at radius 3 is 0.884 bits per heavy atom. The minimum Gasteiger partial charge on any atom is -0.462 e. The minimum absolute atomic E-state index is 0.0762. The molecule has 0 spiro atoms. The first-order chi connectivity index (χ1) is 34.0. The SMILES string of the molecule is CC/C=C\C/C=C\C/C=C\C/C=C\C/C=C\C/C=C\C/C=C\CCCCCCCCCC(=O)OCC(COC(=O)CCCCCCCCCCC)OC(=O)CCCCCCCCCCCCCCC. The average Bonchev–Trinajstić information content (AvgIpc) is 3.35. The predicted octanol–water partition coefficient (Wildman–Crippen LogP) is 19.5. The van der Waals surface area contributed by atoms with Crippen molar-refractivity contribution in [3.8, 4) is 0 Å². The van der Waals surface area contributed by atoms with Crippen LogP contribution in [0.5, 0.6) is 0 Å². The predicted molar refractivity (Wildman–Crippen MR) is 297 cm³/mol. The van der Waals surface area contributed by atoms with Crippen LogP contribution in [0.1, 0.15) is 278 Å². The molecule has 0 N–H and O–H groups in total. The smallest absolute Gasteiger partial charge is 0.306 e. The number of allylic oxidation sites excluding steroid dienone is 14. The summed E-state index contributed by atoms with van der Waals surface area (Å²) in [7, 11) is 0. The fourth-order valence-corrected chi connectivity index (χ4v) is 8.07. The second-order valence-electron chi connectivity index (χ2n) is 19.2. The van der Waals surface area contributed by atoms with Crippen LogP contribution in [0.3, 0.4) is 0 Å². The van der Waals surface area contributed by atoms with Crippen molar-refractivity contribution in [2.75, 3.05) is 13.2 Å². The van der Waals surface area contributed by atoms with Crippen LogP contribution in [-0.4, -0.2) is 37.2 Å². The summed E-state index contributed by atoms with van der Waals surface area (Å²) in [6.07, 6.45) is 74.4. The zero-order valence-electron chi connectivity index (χ0n) is 45.3. The summed E-state index contributed by atoms with van der Waals surface area (Å²) in [4.78, 5) is 38.0. The zero-order valence-corrected chi connectivity index (χ0v) is 45.3. The van der Waals surface area contributed by atoms with E-state index < -0.39 is 6.10 Å². The van der Waals surface area contributed by atoms with E-state index in [0.29, 0.717) is 19.3 Å². The summed E-state index contributed by atoms with van der Waals surface area (Å²) in [5, 5.41) is 0. The lowest BCUT2D eigenvalue weighted by atomic mass is 10.0. The number of rotatable bonds is 52. The van der Waals surface area contributed by atoms with Crippen molar-refractivity contribution in [3.63, 3.8) is 0 Å². The molecule has 0 saturated heterocycles. The van der Waals surface area contributed by atoms with Crippen molar-refractivity contribution in [2.24, 2.45) is 0 Å². The van der Waals surface area contributed by atoms with E-state index in [2.05, 4.69) is 106 Å². The van der Waals surface area contributed by atoms with Gasteiger partial charge >= 0.3 is 17.9 Å². The molecular weight excluding hydrogens is 853 g/mol. The Balaban J connectivity index is 4.21. The first kappa shape index (κ1) is 65.6. The van der Waals surface area contributed by atoms with Crippen LogP contribution in [0.4, 0.5) is 0 Å². The van der Waals surface area contributed by atoms with E-state index in [9.17, 15) is 14.4 Å². The maximum atomic E-state index is 12.8. The van der Waals surface area contributed by atoms with Crippen LogP contribution in [0, 0.1) is 0 Å². The van der Waals surface area contributed by atoms with Crippen LogP contribution in [0.25, 0.3) is 0 Å². The Morgan fingerprint density at radius 2 is 0.565 bits per heavy atom. The Morgan fingerprint density at radius 1 is 0.304 bits per heavy atom. The molecule has 0 fully saturated rings. The standard InChI is InChI=1S/C63H108O6/c1-4-7-10-13-16-19-21-23-24-25-26-27-28-29-30-31-32-33-34-35-36-37-38-40-41-44-47-50-53-56-62(65)68-59-60(58-67-61(64)55-52-49-46-43-18-15-12-9-6-3)69-63(66)57-54-51-48-45-42-39-22-20-17-14-11-8-5-2/h7,10,16,19,23-24,26-27,29-30,32-33,35-36,60H,4-6,8-9,11-15,17-18,20-22,25,28,31,34,37-59H2,1-3H3/b10-7-,19-16-,24-23-,27-26-,30-29-,33-32-,36-35-. The highest BCUT2D eigenvalue weighted by atomic mass is 16.6. The van der Waals surface area contributed by atoms with E-state index in [-0.39, 0.29) is 31.1 Å². The molecule has 69 heavy (non-hydrogen) atoms. The van der Waals surface area contributed by atoms with Crippen molar-refractivity contribution in [1.29, 1.82) is 0 Å². The fraction of sp³-hybridized carbons (Fsp3) is 0.730. The van der Waals surface area contributed by atoms with Gasteiger partial charge in [0.1, 0.15) is 13.2 Å². The van der Waals surface area contributed by atoms with Crippen molar-refractivity contribution in [3.05, 3.63) is 85.1 Å². The van der Waals surface area contributed by atoms with Crippen LogP contribution < -0.4 is 0 Å². The highest BCUT2D eigenvalue weighted by Gasteiger charge is 2.19. The third-order valence-corrected chi connectivity index (χ3v) is 12.4. The largest absolute Gasteiger partial charge is 0.462 e. The van der Waals surface area contributed by atoms with Crippen LogP contribution >= 0.6 is 0 Å².